The Bertz CT molecular complexity index is 819. The smallest absolute Gasteiger partial charge is 0.234 e. The third kappa shape index (κ3) is 3.81. The van der Waals surface area contributed by atoms with Crippen LogP contribution in [0.4, 0.5) is 5.69 Å². The maximum atomic E-state index is 12.0. The Morgan fingerprint density at radius 2 is 1.77 bits per heavy atom. The summed E-state index contributed by atoms with van der Waals surface area (Å²) in [7, 11) is 0. The van der Waals surface area contributed by atoms with E-state index in [1.807, 2.05) is 30.3 Å². The summed E-state index contributed by atoms with van der Waals surface area (Å²) in [6, 6.07) is 21.6. The predicted molar refractivity (Wildman–Crippen MR) is 94.8 cm³/mol. The molecule has 0 spiro atoms. The number of benzene rings is 3. The topological polar surface area (TPSA) is 29.1 Å². The molecule has 3 rings (SSSR count). The molecule has 0 unspecified atom stereocenters. The third-order valence-corrected chi connectivity index (χ3v) is 4.43. The summed E-state index contributed by atoms with van der Waals surface area (Å²) in [5.74, 6) is 0.325. The number of hydrogen-bond donors (Lipinski definition) is 1. The number of hydrogen-bond acceptors (Lipinski definition) is 2. The molecule has 0 aliphatic carbocycles. The summed E-state index contributed by atoms with van der Waals surface area (Å²) in [5.41, 5.74) is 0.719. The zero-order chi connectivity index (χ0) is 15.4. The molecule has 0 fully saturated rings. The van der Waals surface area contributed by atoms with E-state index < -0.39 is 0 Å². The lowest BCUT2D eigenvalue weighted by atomic mass is 10.1. The molecular weight excluding hydrogens is 314 g/mol. The van der Waals surface area contributed by atoms with Crippen LogP contribution in [0.1, 0.15) is 0 Å². The van der Waals surface area contributed by atoms with Crippen LogP contribution in [0.3, 0.4) is 0 Å². The fourth-order valence-corrected chi connectivity index (χ4v) is 3.10. The van der Waals surface area contributed by atoms with Crippen molar-refractivity contribution >= 4 is 45.7 Å². The van der Waals surface area contributed by atoms with Crippen LogP contribution in [0.25, 0.3) is 10.8 Å². The highest BCUT2D eigenvalue weighted by molar-refractivity contribution is 8.00. The highest BCUT2D eigenvalue weighted by Gasteiger charge is 2.05. The van der Waals surface area contributed by atoms with Crippen molar-refractivity contribution in [2.75, 3.05) is 11.1 Å². The number of carbonyl (C=O) groups excluding carboxylic acids is 1. The largest absolute Gasteiger partial charge is 0.325 e. The van der Waals surface area contributed by atoms with Crippen molar-refractivity contribution < 1.29 is 4.79 Å². The van der Waals surface area contributed by atoms with Crippen molar-refractivity contribution in [3.8, 4) is 0 Å². The normalized spacial score (nSPS) is 10.6. The van der Waals surface area contributed by atoms with Crippen LogP contribution < -0.4 is 5.32 Å². The number of amides is 1. The van der Waals surface area contributed by atoms with E-state index >= 15 is 0 Å². The highest BCUT2D eigenvalue weighted by Crippen LogP contribution is 2.24. The van der Waals surface area contributed by atoms with Gasteiger partial charge in [0, 0.05) is 15.6 Å². The molecule has 0 aliphatic heterocycles. The Balaban J connectivity index is 1.62. The lowest BCUT2D eigenvalue weighted by Gasteiger charge is -2.06. The molecule has 2 nitrogen and oxygen atoms in total. The highest BCUT2D eigenvalue weighted by atomic mass is 35.5. The van der Waals surface area contributed by atoms with Gasteiger partial charge in [-0.05, 0) is 41.1 Å². The van der Waals surface area contributed by atoms with Gasteiger partial charge in [0.2, 0.25) is 5.91 Å². The van der Waals surface area contributed by atoms with Gasteiger partial charge in [-0.25, -0.2) is 0 Å². The van der Waals surface area contributed by atoms with Crippen molar-refractivity contribution in [2.24, 2.45) is 0 Å². The van der Waals surface area contributed by atoms with E-state index in [2.05, 4.69) is 29.6 Å². The molecule has 110 valence electrons. The summed E-state index contributed by atoms with van der Waals surface area (Å²) in [6.45, 7) is 0. The summed E-state index contributed by atoms with van der Waals surface area (Å²) in [5, 5.41) is 5.84. The fourth-order valence-electron chi connectivity index (χ4n) is 2.17. The maximum absolute atomic E-state index is 12.0. The first-order valence-electron chi connectivity index (χ1n) is 6.88. The molecule has 0 saturated heterocycles. The van der Waals surface area contributed by atoms with Gasteiger partial charge in [0.25, 0.3) is 0 Å². The van der Waals surface area contributed by atoms with Crippen LogP contribution in [0.15, 0.2) is 71.6 Å². The van der Waals surface area contributed by atoms with Crippen molar-refractivity contribution in [1.82, 2.24) is 0 Å². The van der Waals surface area contributed by atoms with E-state index in [-0.39, 0.29) is 5.91 Å². The van der Waals surface area contributed by atoms with Crippen LogP contribution >= 0.6 is 23.4 Å². The number of thioether (sulfide) groups is 1. The molecule has 3 aromatic rings. The number of anilines is 1. The second kappa shape index (κ2) is 6.86. The molecule has 0 heterocycles. The summed E-state index contributed by atoms with van der Waals surface area (Å²) in [4.78, 5) is 13.1. The zero-order valence-electron chi connectivity index (χ0n) is 11.8. The SMILES string of the molecule is O=C(CSc1ccc2ccccc2c1)Nc1cccc(Cl)c1. The van der Waals surface area contributed by atoms with Crippen molar-refractivity contribution in [1.29, 1.82) is 0 Å². The minimum atomic E-state index is -0.0413. The average Bonchev–Trinajstić information content (AvgIpc) is 2.53. The molecule has 0 aromatic heterocycles. The van der Waals surface area contributed by atoms with Gasteiger partial charge in [-0.2, -0.15) is 0 Å². The van der Waals surface area contributed by atoms with Gasteiger partial charge < -0.3 is 5.32 Å². The molecule has 0 radical (unpaired) electrons. The molecule has 4 heteroatoms. The molecule has 0 atom stereocenters. The molecule has 0 aliphatic rings. The van der Waals surface area contributed by atoms with E-state index in [9.17, 15) is 4.79 Å². The molecule has 1 amide bonds. The standard InChI is InChI=1S/C18H14ClNOS/c19-15-6-3-7-16(11-15)20-18(21)12-22-17-9-8-13-4-1-2-5-14(13)10-17/h1-11H,12H2,(H,20,21). The van der Waals surface area contributed by atoms with Gasteiger partial charge in [0.15, 0.2) is 0 Å². The fraction of sp³-hybridized carbons (Fsp3) is 0.0556. The van der Waals surface area contributed by atoms with Crippen LogP contribution in [0.2, 0.25) is 5.02 Å². The second-order valence-electron chi connectivity index (χ2n) is 4.86. The van der Waals surface area contributed by atoms with Crippen molar-refractivity contribution in [2.45, 2.75) is 4.90 Å². The van der Waals surface area contributed by atoms with Gasteiger partial charge in [-0.1, -0.05) is 48.0 Å². The van der Waals surface area contributed by atoms with Crippen molar-refractivity contribution in [3.05, 3.63) is 71.8 Å². The average molecular weight is 328 g/mol. The first-order chi connectivity index (χ1) is 10.7. The Morgan fingerprint density at radius 3 is 2.59 bits per heavy atom. The summed E-state index contributed by atoms with van der Waals surface area (Å²) < 4.78 is 0. The minimum Gasteiger partial charge on any atom is -0.325 e. The van der Waals surface area contributed by atoms with Gasteiger partial charge in [-0.15, -0.1) is 11.8 Å². The molecular formula is C18H14ClNOS. The number of nitrogens with one attached hydrogen (secondary N) is 1. The van der Waals surface area contributed by atoms with Crippen LogP contribution in [0.5, 0.6) is 0 Å². The Morgan fingerprint density at radius 1 is 0.955 bits per heavy atom. The molecule has 1 N–H and O–H groups in total. The van der Waals surface area contributed by atoms with Gasteiger partial charge in [-0.3, -0.25) is 4.79 Å². The number of rotatable bonds is 4. The molecule has 0 saturated carbocycles. The van der Waals surface area contributed by atoms with Crippen LogP contribution in [-0.2, 0) is 4.79 Å². The lowest BCUT2D eigenvalue weighted by Crippen LogP contribution is -2.13. The molecule has 0 bridgehead atoms. The monoisotopic (exact) mass is 327 g/mol. The number of carbonyl (C=O) groups is 1. The van der Waals surface area contributed by atoms with Crippen LogP contribution in [-0.4, -0.2) is 11.7 Å². The van der Waals surface area contributed by atoms with E-state index in [1.165, 1.54) is 22.5 Å². The predicted octanol–water partition coefficient (Wildman–Crippen LogP) is 5.22. The van der Waals surface area contributed by atoms with E-state index in [0.717, 1.165) is 10.6 Å². The van der Waals surface area contributed by atoms with E-state index in [1.54, 1.807) is 12.1 Å². The maximum Gasteiger partial charge on any atom is 0.234 e. The lowest BCUT2D eigenvalue weighted by molar-refractivity contribution is -0.113. The summed E-state index contributed by atoms with van der Waals surface area (Å²) >= 11 is 7.42. The van der Waals surface area contributed by atoms with E-state index in [0.29, 0.717) is 10.8 Å². The van der Waals surface area contributed by atoms with Gasteiger partial charge in [0.1, 0.15) is 0 Å². The Hall–Kier alpha value is -1.97. The molecule has 22 heavy (non-hydrogen) atoms. The Labute approximate surface area is 138 Å². The second-order valence-corrected chi connectivity index (χ2v) is 6.34. The van der Waals surface area contributed by atoms with Crippen molar-refractivity contribution in [3.63, 3.8) is 0 Å². The first-order valence-corrected chi connectivity index (χ1v) is 8.24. The first kappa shape index (κ1) is 14.9. The van der Waals surface area contributed by atoms with E-state index in [4.69, 9.17) is 11.6 Å². The van der Waals surface area contributed by atoms with Gasteiger partial charge in [0.05, 0.1) is 5.75 Å². The van der Waals surface area contributed by atoms with Crippen LogP contribution in [0, 0.1) is 0 Å². The Kier molecular flexibility index (Phi) is 4.66. The third-order valence-electron chi connectivity index (χ3n) is 3.20. The van der Waals surface area contributed by atoms with Gasteiger partial charge >= 0.3 is 0 Å². The minimum absolute atomic E-state index is 0.0413. The quantitative estimate of drug-likeness (QED) is 0.665. The number of halogens is 1. The zero-order valence-corrected chi connectivity index (χ0v) is 13.3. The molecule has 3 aromatic carbocycles. The summed E-state index contributed by atoms with van der Waals surface area (Å²) in [6.07, 6.45) is 0. The number of fused-ring (bicyclic) bond motifs is 1.